The van der Waals surface area contributed by atoms with Crippen molar-refractivity contribution in [3.8, 4) is 0 Å². The number of halogens is 3. The van der Waals surface area contributed by atoms with Crippen LogP contribution in [0.4, 0.5) is 13.2 Å². The molecule has 1 amide bonds. The van der Waals surface area contributed by atoms with Crippen molar-refractivity contribution in [3.63, 3.8) is 0 Å². The number of benzene rings is 1. The van der Waals surface area contributed by atoms with Crippen molar-refractivity contribution in [2.45, 2.75) is 38.6 Å². The number of hydrogen-bond acceptors (Lipinski definition) is 2. The van der Waals surface area contributed by atoms with Gasteiger partial charge in [-0.05, 0) is 38.0 Å². The summed E-state index contributed by atoms with van der Waals surface area (Å²) < 4.78 is 38.5. The predicted octanol–water partition coefficient (Wildman–Crippen LogP) is 3.31. The van der Waals surface area contributed by atoms with Crippen LogP contribution in [0.25, 0.3) is 0 Å². The van der Waals surface area contributed by atoms with Crippen molar-refractivity contribution in [2.75, 3.05) is 6.54 Å². The zero-order chi connectivity index (χ0) is 16.5. The molecular weight excluding hydrogens is 295 g/mol. The topological polar surface area (TPSA) is 40.5 Å². The molecule has 1 saturated heterocycles. The van der Waals surface area contributed by atoms with Gasteiger partial charge in [0, 0.05) is 12.6 Å². The molecule has 1 aromatic rings. The van der Waals surface area contributed by atoms with Crippen LogP contribution in [0.5, 0.6) is 0 Å². The van der Waals surface area contributed by atoms with E-state index in [-0.39, 0.29) is 18.9 Å². The van der Waals surface area contributed by atoms with Gasteiger partial charge < -0.3 is 10.0 Å². The number of carbonyl (C=O) groups excluding carboxylic acids is 1. The quantitative estimate of drug-likeness (QED) is 0.851. The average molecular weight is 313 g/mol. The third kappa shape index (κ3) is 3.68. The highest BCUT2D eigenvalue weighted by Gasteiger charge is 2.36. The molecule has 1 N–H and O–H groups in total. The van der Waals surface area contributed by atoms with Crippen molar-refractivity contribution in [2.24, 2.45) is 0 Å². The van der Waals surface area contributed by atoms with E-state index in [2.05, 4.69) is 0 Å². The molecule has 1 fully saturated rings. The smallest absolute Gasteiger partial charge is 0.391 e. The fourth-order valence-electron chi connectivity index (χ4n) is 2.63. The van der Waals surface area contributed by atoms with Crippen LogP contribution in [-0.4, -0.2) is 28.6 Å². The number of allylic oxidation sites excluding steroid dienone is 1. The van der Waals surface area contributed by atoms with Crippen molar-refractivity contribution in [1.82, 2.24) is 4.90 Å². The highest BCUT2D eigenvalue weighted by atomic mass is 19.4. The van der Waals surface area contributed by atoms with Gasteiger partial charge in [-0.1, -0.05) is 17.7 Å². The average Bonchev–Trinajstić information content (AvgIpc) is 2.79. The van der Waals surface area contributed by atoms with E-state index in [1.165, 1.54) is 17.0 Å². The van der Waals surface area contributed by atoms with E-state index in [0.29, 0.717) is 5.56 Å². The molecule has 1 aliphatic heterocycles. The number of rotatable bonds is 2. The Morgan fingerprint density at radius 2 is 2.05 bits per heavy atom. The summed E-state index contributed by atoms with van der Waals surface area (Å²) in [4.78, 5) is 13.6. The van der Waals surface area contributed by atoms with Gasteiger partial charge in [-0.3, -0.25) is 4.79 Å². The summed E-state index contributed by atoms with van der Waals surface area (Å²) in [5.74, 6) is -0.293. The van der Waals surface area contributed by atoms with Crippen LogP contribution in [-0.2, 0) is 11.0 Å². The molecule has 0 aliphatic carbocycles. The van der Waals surface area contributed by atoms with E-state index in [1.54, 1.807) is 19.9 Å². The van der Waals surface area contributed by atoms with Crippen LogP contribution in [0.3, 0.4) is 0 Å². The maximum absolute atomic E-state index is 12.8. The number of hydrogen-bond donors (Lipinski definition) is 1. The van der Waals surface area contributed by atoms with E-state index < -0.39 is 23.9 Å². The molecule has 22 heavy (non-hydrogen) atoms. The lowest BCUT2D eigenvalue weighted by Gasteiger charge is -2.24. The third-order valence-electron chi connectivity index (χ3n) is 3.57. The molecule has 6 heteroatoms. The van der Waals surface area contributed by atoms with Crippen LogP contribution in [0.15, 0.2) is 35.9 Å². The summed E-state index contributed by atoms with van der Waals surface area (Å²) in [5, 5.41) is 9.81. The van der Waals surface area contributed by atoms with Gasteiger partial charge in [-0.15, -0.1) is 0 Å². The van der Waals surface area contributed by atoms with Crippen molar-refractivity contribution >= 4 is 5.91 Å². The number of alkyl halides is 3. The van der Waals surface area contributed by atoms with Crippen LogP contribution >= 0.6 is 0 Å². The Morgan fingerprint density at radius 3 is 2.64 bits per heavy atom. The van der Waals surface area contributed by atoms with Gasteiger partial charge in [0.15, 0.2) is 0 Å². The first-order chi connectivity index (χ1) is 10.2. The van der Waals surface area contributed by atoms with Gasteiger partial charge >= 0.3 is 6.18 Å². The minimum absolute atomic E-state index is 0.128. The Hall–Kier alpha value is -1.82. The predicted molar refractivity (Wildman–Crippen MR) is 76.0 cm³/mol. The van der Waals surface area contributed by atoms with Gasteiger partial charge in [0.05, 0.1) is 17.7 Å². The van der Waals surface area contributed by atoms with E-state index >= 15 is 0 Å². The summed E-state index contributed by atoms with van der Waals surface area (Å²) in [7, 11) is 0. The second-order valence-corrected chi connectivity index (χ2v) is 5.74. The second-order valence-electron chi connectivity index (χ2n) is 5.74. The fraction of sp³-hybridized carbons (Fsp3) is 0.438. The van der Waals surface area contributed by atoms with Gasteiger partial charge in [-0.25, -0.2) is 0 Å². The lowest BCUT2D eigenvalue weighted by Crippen LogP contribution is -2.30. The maximum Gasteiger partial charge on any atom is 0.416 e. The molecule has 1 aromatic carbocycles. The Balaban J connectivity index is 2.33. The number of β-amino-alcohol motifs (C(OH)–C–C–N with tert-alkyl or cyclic N) is 1. The zero-order valence-electron chi connectivity index (χ0n) is 12.4. The number of aliphatic hydroxyl groups excluding tert-OH is 1. The SMILES string of the molecule is CC(C)=CC(=O)N1C[C@@H](O)C[C@H]1c1cccc(C(F)(F)F)c1. The molecule has 0 saturated carbocycles. The Labute approximate surface area is 127 Å². The van der Waals surface area contributed by atoms with Crippen LogP contribution < -0.4 is 0 Å². The third-order valence-corrected chi connectivity index (χ3v) is 3.57. The molecule has 1 aliphatic rings. The molecule has 0 unspecified atom stereocenters. The minimum atomic E-state index is -4.43. The highest BCUT2D eigenvalue weighted by molar-refractivity contribution is 5.88. The van der Waals surface area contributed by atoms with Crippen molar-refractivity contribution in [3.05, 3.63) is 47.0 Å². The Morgan fingerprint density at radius 1 is 1.36 bits per heavy atom. The molecule has 0 spiro atoms. The molecular formula is C16H18F3NO2. The molecule has 2 rings (SSSR count). The highest BCUT2D eigenvalue weighted by Crippen LogP contribution is 2.36. The van der Waals surface area contributed by atoms with Crippen molar-refractivity contribution in [1.29, 1.82) is 0 Å². The number of amides is 1. The summed E-state index contributed by atoms with van der Waals surface area (Å²) in [6, 6.07) is 4.39. The Bertz CT molecular complexity index is 591. The van der Waals surface area contributed by atoms with E-state index in [1.807, 2.05) is 0 Å². The first-order valence-corrected chi connectivity index (χ1v) is 6.99. The molecule has 120 valence electrons. The second kappa shape index (κ2) is 6.12. The standard InChI is InChI=1S/C16H18F3NO2/c1-10(2)6-15(22)20-9-13(21)8-14(20)11-4-3-5-12(7-11)16(17,18)19/h3-7,13-14,21H,8-9H2,1-2H3/t13-,14-/m0/s1. The summed E-state index contributed by atoms with van der Waals surface area (Å²) in [6.45, 7) is 3.66. The number of carbonyl (C=O) groups is 1. The summed E-state index contributed by atoms with van der Waals surface area (Å²) >= 11 is 0. The summed E-state index contributed by atoms with van der Waals surface area (Å²) in [6.07, 6.45) is -3.49. The van der Waals surface area contributed by atoms with E-state index in [4.69, 9.17) is 0 Å². The maximum atomic E-state index is 12.8. The molecule has 1 heterocycles. The molecule has 3 nitrogen and oxygen atoms in total. The van der Waals surface area contributed by atoms with Crippen LogP contribution in [0.2, 0.25) is 0 Å². The largest absolute Gasteiger partial charge is 0.416 e. The van der Waals surface area contributed by atoms with Gasteiger partial charge in [-0.2, -0.15) is 13.2 Å². The first kappa shape index (κ1) is 16.5. The first-order valence-electron chi connectivity index (χ1n) is 6.99. The van der Waals surface area contributed by atoms with Crippen molar-refractivity contribution < 1.29 is 23.1 Å². The van der Waals surface area contributed by atoms with Gasteiger partial charge in [0.2, 0.25) is 5.91 Å². The lowest BCUT2D eigenvalue weighted by molar-refractivity contribution is -0.137. The molecule has 0 bridgehead atoms. The van der Waals surface area contributed by atoms with Gasteiger partial charge in [0.25, 0.3) is 0 Å². The fourth-order valence-corrected chi connectivity index (χ4v) is 2.63. The lowest BCUT2D eigenvalue weighted by atomic mass is 10.0. The molecule has 0 aromatic heterocycles. The monoisotopic (exact) mass is 313 g/mol. The normalized spacial score (nSPS) is 21.8. The molecule has 2 atom stereocenters. The minimum Gasteiger partial charge on any atom is -0.391 e. The number of aliphatic hydroxyl groups is 1. The van der Waals surface area contributed by atoms with Crippen LogP contribution in [0, 0.1) is 0 Å². The van der Waals surface area contributed by atoms with Gasteiger partial charge in [0.1, 0.15) is 0 Å². The van der Waals surface area contributed by atoms with E-state index in [9.17, 15) is 23.1 Å². The van der Waals surface area contributed by atoms with Crippen LogP contribution in [0.1, 0.15) is 37.4 Å². The number of likely N-dealkylation sites (tertiary alicyclic amines) is 1. The zero-order valence-corrected chi connectivity index (χ0v) is 12.4. The summed E-state index contributed by atoms with van der Waals surface area (Å²) in [5.41, 5.74) is 0.442. The number of nitrogens with zero attached hydrogens (tertiary/aromatic N) is 1. The Kier molecular flexibility index (Phi) is 4.60. The molecule has 0 radical (unpaired) electrons. The van der Waals surface area contributed by atoms with E-state index in [0.717, 1.165) is 17.7 Å².